The number of unbranched alkanes of at least 4 members (excludes halogenated alkanes) is 2. The minimum atomic E-state index is -0.192. The Labute approximate surface area is 89.7 Å². The number of rotatable bonds is 6. The average molecular weight is 197 g/mol. The van der Waals surface area contributed by atoms with Gasteiger partial charge in [-0.2, -0.15) is 0 Å². The molecule has 14 heavy (non-hydrogen) atoms. The Morgan fingerprint density at radius 3 is 2.71 bits per heavy atom. The van der Waals surface area contributed by atoms with E-state index in [0.29, 0.717) is 0 Å². The number of hydrogen-bond donors (Lipinski definition) is 1. The van der Waals surface area contributed by atoms with Crippen LogP contribution in [0.1, 0.15) is 59.7 Å². The summed E-state index contributed by atoms with van der Waals surface area (Å²) in [5, 5.41) is 9.65. The topological polar surface area (TPSA) is 20.2 Å². The van der Waals surface area contributed by atoms with E-state index >= 15 is 0 Å². The Bertz CT molecular complexity index is 162. The second-order valence-corrected chi connectivity index (χ2v) is 4.49. The molecule has 0 heterocycles. The molecule has 0 aromatic rings. The summed E-state index contributed by atoms with van der Waals surface area (Å²) in [5.74, 6) is 0.760. The van der Waals surface area contributed by atoms with E-state index in [2.05, 4.69) is 13.0 Å². The van der Waals surface area contributed by atoms with Crippen LogP contribution in [0.2, 0.25) is 0 Å². The van der Waals surface area contributed by atoms with Crippen molar-refractivity contribution in [2.24, 2.45) is 5.92 Å². The van der Waals surface area contributed by atoms with Crippen LogP contribution in [-0.2, 0) is 0 Å². The third kappa shape index (κ3) is 4.80. The molecule has 0 aliphatic heterocycles. The lowest BCUT2D eigenvalue weighted by molar-refractivity contribution is 0.207. The highest BCUT2D eigenvalue weighted by Gasteiger charge is 2.11. The lowest BCUT2D eigenvalue weighted by atomic mass is 10.1. The number of aliphatic hydroxyl groups is 1. The molecule has 1 N–H and O–H groups in total. The van der Waals surface area contributed by atoms with Gasteiger partial charge in [0, 0.05) is 0 Å². The first-order chi connectivity index (χ1) is 6.83. The molecule has 1 unspecified atom stereocenters. The highest BCUT2D eigenvalue weighted by molar-refractivity contribution is 4.94. The molecule has 1 saturated carbocycles. The van der Waals surface area contributed by atoms with Gasteiger partial charge < -0.3 is 5.11 Å². The lowest BCUT2D eigenvalue weighted by Gasteiger charge is -2.06. The fourth-order valence-electron chi connectivity index (χ4n) is 2.13. The highest BCUT2D eigenvalue weighted by atomic mass is 16.3. The maximum absolute atomic E-state index is 9.65. The Hall–Kier alpha value is -0.300. The van der Waals surface area contributed by atoms with Gasteiger partial charge in [0.05, 0.1) is 6.10 Å². The van der Waals surface area contributed by atoms with Gasteiger partial charge in [0.15, 0.2) is 0 Å². The van der Waals surface area contributed by atoms with Crippen LogP contribution in [0.3, 0.4) is 0 Å². The van der Waals surface area contributed by atoms with Gasteiger partial charge in [-0.25, -0.2) is 0 Å². The second-order valence-electron chi connectivity index (χ2n) is 4.49. The molecule has 0 amide bonds. The van der Waals surface area contributed by atoms with Crippen LogP contribution in [0.15, 0.2) is 12.2 Å². The van der Waals surface area contributed by atoms with Crippen LogP contribution < -0.4 is 0 Å². The molecule has 1 fully saturated rings. The summed E-state index contributed by atoms with van der Waals surface area (Å²) in [4.78, 5) is 0. The Balaban J connectivity index is 0.00000196. The Morgan fingerprint density at radius 1 is 1.36 bits per heavy atom. The number of hydrogen-bond acceptors (Lipinski definition) is 1. The molecule has 1 rings (SSSR count). The van der Waals surface area contributed by atoms with E-state index < -0.39 is 0 Å². The van der Waals surface area contributed by atoms with Crippen molar-refractivity contribution in [3.8, 4) is 0 Å². The van der Waals surface area contributed by atoms with Gasteiger partial charge >= 0.3 is 1.43 Å². The molecule has 0 radical (unpaired) electrons. The summed E-state index contributed by atoms with van der Waals surface area (Å²) in [6.45, 7) is 2.20. The van der Waals surface area contributed by atoms with Gasteiger partial charge in [0.1, 0.15) is 0 Å². The maximum Gasteiger partial charge on any atom is 1.00 e. The summed E-state index contributed by atoms with van der Waals surface area (Å²) < 4.78 is 0. The first kappa shape index (κ1) is 11.8. The summed E-state index contributed by atoms with van der Waals surface area (Å²) in [7, 11) is 0. The number of allylic oxidation sites excluding steroid dienone is 1. The maximum atomic E-state index is 9.65. The minimum absolute atomic E-state index is 0. The first-order valence-corrected chi connectivity index (χ1v) is 6.19. The van der Waals surface area contributed by atoms with Crippen molar-refractivity contribution in [2.75, 3.05) is 0 Å². The summed E-state index contributed by atoms with van der Waals surface area (Å²) in [6, 6.07) is 0. The van der Waals surface area contributed by atoms with Crippen molar-refractivity contribution in [1.82, 2.24) is 0 Å². The average Bonchev–Trinajstić information content (AvgIpc) is 2.68. The molecule has 0 aromatic carbocycles. The van der Waals surface area contributed by atoms with Crippen LogP contribution in [0.5, 0.6) is 0 Å². The van der Waals surface area contributed by atoms with Crippen LogP contribution in [0, 0.1) is 5.92 Å². The van der Waals surface area contributed by atoms with Gasteiger partial charge in [0.25, 0.3) is 0 Å². The van der Waals surface area contributed by atoms with E-state index in [1.165, 1.54) is 38.5 Å². The third-order valence-electron chi connectivity index (χ3n) is 3.11. The van der Waals surface area contributed by atoms with E-state index in [1.807, 2.05) is 6.08 Å². The molecule has 0 spiro atoms. The third-order valence-corrected chi connectivity index (χ3v) is 3.11. The standard InChI is InChI=1S/C13H24O/c1-2-3-4-9-13(14)11-10-12-7-5-6-8-12/h10-14H,2-9H2,1H3/p+1. The molecule has 1 atom stereocenters. The van der Waals surface area contributed by atoms with Crippen LogP contribution in [-0.4, -0.2) is 11.2 Å². The van der Waals surface area contributed by atoms with Gasteiger partial charge in [-0.1, -0.05) is 51.2 Å². The fourth-order valence-corrected chi connectivity index (χ4v) is 2.13. The smallest absolute Gasteiger partial charge is 0.389 e. The highest BCUT2D eigenvalue weighted by Crippen LogP contribution is 2.25. The molecule has 1 aliphatic rings. The van der Waals surface area contributed by atoms with Crippen molar-refractivity contribution in [3.63, 3.8) is 0 Å². The fraction of sp³-hybridized carbons (Fsp3) is 0.846. The summed E-state index contributed by atoms with van der Waals surface area (Å²) in [6.07, 6.45) is 14.1. The van der Waals surface area contributed by atoms with Crippen molar-refractivity contribution in [3.05, 3.63) is 12.2 Å². The lowest BCUT2D eigenvalue weighted by Crippen LogP contribution is -2.02. The summed E-state index contributed by atoms with van der Waals surface area (Å²) >= 11 is 0. The minimum Gasteiger partial charge on any atom is -0.389 e. The van der Waals surface area contributed by atoms with Crippen molar-refractivity contribution < 1.29 is 6.53 Å². The van der Waals surface area contributed by atoms with E-state index in [-0.39, 0.29) is 7.53 Å². The Morgan fingerprint density at radius 2 is 2.07 bits per heavy atom. The van der Waals surface area contributed by atoms with Crippen LogP contribution in [0.4, 0.5) is 0 Å². The van der Waals surface area contributed by atoms with Crippen LogP contribution in [0.25, 0.3) is 0 Å². The van der Waals surface area contributed by atoms with E-state index in [1.54, 1.807) is 0 Å². The SMILES string of the molecule is CCCCCC(O)C=CC1CCCC1.[H+]. The molecule has 1 aliphatic carbocycles. The number of aliphatic hydroxyl groups excluding tert-OH is 1. The Kier molecular flexibility index (Phi) is 5.93. The zero-order valence-electron chi connectivity index (χ0n) is 10.4. The van der Waals surface area contributed by atoms with Crippen molar-refractivity contribution in [1.29, 1.82) is 0 Å². The van der Waals surface area contributed by atoms with Crippen molar-refractivity contribution in [2.45, 2.75) is 64.4 Å². The normalized spacial score (nSPS) is 20.7. The molecule has 1 nitrogen and oxygen atoms in total. The predicted molar refractivity (Wildman–Crippen MR) is 62.4 cm³/mol. The molecule has 0 aromatic heterocycles. The van der Waals surface area contributed by atoms with Gasteiger partial charge in [-0.05, 0) is 25.2 Å². The molecule has 0 bridgehead atoms. The van der Waals surface area contributed by atoms with Crippen molar-refractivity contribution >= 4 is 0 Å². The first-order valence-electron chi connectivity index (χ1n) is 6.19. The van der Waals surface area contributed by atoms with Gasteiger partial charge in [0.2, 0.25) is 0 Å². The largest absolute Gasteiger partial charge is 1.00 e. The van der Waals surface area contributed by atoms with Gasteiger partial charge in [-0.3, -0.25) is 0 Å². The van der Waals surface area contributed by atoms with Crippen LogP contribution >= 0.6 is 0 Å². The van der Waals surface area contributed by atoms with Gasteiger partial charge in [-0.15, -0.1) is 0 Å². The molecule has 82 valence electrons. The molecule has 1 heteroatoms. The molecular formula is C13H25O+. The predicted octanol–water partition coefficient (Wildman–Crippen LogP) is 3.79. The quantitative estimate of drug-likeness (QED) is 0.507. The molecule has 0 saturated heterocycles. The van der Waals surface area contributed by atoms with E-state index in [0.717, 1.165) is 18.8 Å². The summed E-state index contributed by atoms with van der Waals surface area (Å²) in [5.41, 5.74) is 0. The monoisotopic (exact) mass is 197 g/mol. The zero-order valence-corrected chi connectivity index (χ0v) is 9.41. The van der Waals surface area contributed by atoms with E-state index in [9.17, 15) is 5.11 Å². The second kappa shape index (κ2) is 7.05. The van der Waals surface area contributed by atoms with E-state index in [4.69, 9.17) is 0 Å². The molecular weight excluding hydrogens is 172 g/mol. The zero-order chi connectivity index (χ0) is 10.2.